The van der Waals surface area contributed by atoms with Gasteiger partial charge < -0.3 is 42.2 Å². The molecule has 0 saturated carbocycles. The molecular weight excluding hydrogens is 474 g/mol. The number of carbonyl (C=O) groups excluding carboxylic acids is 3. The molecule has 14 nitrogen and oxygen atoms in total. The number of carboxylic acid groups (broad SMARTS) is 2. The zero-order valence-corrected chi connectivity index (χ0v) is 20.0. The van der Waals surface area contributed by atoms with E-state index in [4.69, 9.17) is 16.6 Å². The van der Waals surface area contributed by atoms with Crippen molar-refractivity contribution in [1.82, 2.24) is 25.5 Å². The normalized spacial score (nSPS) is 17.7. The Morgan fingerprint density at radius 3 is 2.50 bits per heavy atom. The van der Waals surface area contributed by atoms with Crippen LogP contribution in [0.15, 0.2) is 12.5 Å². The van der Waals surface area contributed by atoms with E-state index in [9.17, 15) is 29.1 Å². The summed E-state index contributed by atoms with van der Waals surface area (Å²) in [6.07, 6.45) is 4.88. The Bertz CT molecular complexity index is 909. The number of likely N-dealkylation sites (tertiary alicyclic amines) is 1. The summed E-state index contributed by atoms with van der Waals surface area (Å²) in [6.45, 7) is 0.717. The summed E-state index contributed by atoms with van der Waals surface area (Å²) in [5.74, 6) is -4.27. The van der Waals surface area contributed by atoms with Gasteiger partial charge in [0.05, 0.1) is 12.4 Å². The maximum Gasteiger partial charge on any atom is 0.326 e. The van der Waals surface area contributed by atoms with Gasteiger partial charge in [0.15, 0.2) is 0 Å². The Morgan fingerprint density at radius 1 is 1.14 bits per heavy atom. The average Bonchev–Trinajstić information content (AvgIpc) is 3.52. The first-order valence-corrected chi connectivity index (χ1v) is 11.9. The molecule has 4 atom stereocenters. The lowest BCUT2D eigenvalue weighted by atomic mass is 10.1. The molecular formula is C22H35N7O7. The van der Waals surface area contributed by atoms with Crippen LogP contribution in [0.2, 0.25) is 0 Å². The average molecular weight is 510 g/mol. The third-order valence-electron chi connectivity index (χ3n) is 6.00. The fourth-order valence-corrected chi connectivity index (χ4v) is 4.03. The fourth-order valence-electron chi connectivity index (χ4n) is 4.03. The highest BCUT2D eigenvalue weighted by Crippen LogP contribution is 2.20. The number of nitrogens with one attached hydrogen (secondary N) is 3. The van der Waals surface area contributed by atoms with Crippen molar-refractivity contribution in [2.45, 2.75) is 75.5 Å². The molecule has 14 heteroatoms. The quantitative estimate of drug-likeness (QED) is 0.133. The first-order valence-electron chi connectivity index (χ1n) is 11.9. The van der Waals surface area contributed by atoms with Crippen molar-refractivity contribution in [1.29, 1.82) is 0 Å². The van der Waals surface area contributed by atoms with Crippen LogP contribution in [0.25, 0.3) is 0 Å². The monoisotopic (exact) mass is 509 g/mol. The number of carbonyl (C=O) groups is 5. The lowest BCUT2D eigenvalue weighted by Crippen LogP contribution is -2.57. The van der Waals surface area contributed by atoms with Gasteiger partial charge in [0.2, 0.25) is 17.7 Å². The van der Waals surface area contributed by atoms with Crippen LogP contribution in [0.3, 0.4) is 0 Å². The zero-order valence-electron chi connectivity index (χ0n) is 20.0. The first kappa shape index (κ1) is 28.7. The second-order valence-electron chi connectivity index (χ2n) is 8.75. The van der Waals surface area contributed by atoms with Gasteiger partial charge in [-0.25, -0.2) is 9.78 Å². The highest BCUT2D eigenvalue weighted by atomic mass is 16.4. The van der Waals surface area contributed by atoms with Gasteiger partial charge in [-0.2, -0.15) is 0 Å². The van der Waals surface area contributed by atoms with Gasteiger partial charge in [-0.1, -0.05) is 6.42 Å². The SMILES string of the molecule is NCCCCC(N)C(=O)NC(Cc1cnc[nH]1)C(=O)N1CCCC1C(=O)NC(CCC(=O)O)C(=O)O. The lowest BCUT2D eigenvalue weighted by molar-refractivity contribution is -0.145. The Kier molecular flexibility index (Phi) is 11.3. The van der Waals surface area contributed by atoms with Gasteiger partial charge in [0, 0.05) is 31.3 Å². The van der Waals surface area contributed by atoms with Crippen LogP contribution in [-0.2, 0) is 30.4 Å². The van der Waals surface area contributed by atoms with Gasteiger partial charge in [-0.15, -0.1) is 0 Å². The molecule has 1 saturated heterocycles. The number of hydrogen-bond donors (Lipinski definition) is 7. The van der Waals surface area contributed by atoms with E-state index in [0.29, 0.717) is 44.3 Å². The second-order valence-corrected chi connectivity index (χ2v) is 8.75. The van der Waals surface area contributed by atoms with E-state index in [1.54, 1.807) is 0 Å². The molecule has 1 fully saturated rings. The van der Waals surface area contributed by atoms with Crippen molar-refractivity contribution in [3.63, 3.8) is 0 Å². The van der Waals surface area contributed by atoms with E-state index in [-0.39, 0.29) is 19.4 Å². The molecule has 2 rings (SSSR count). The number of H-pyrrole nitrogens is 1. The molecule has 0 spiro atoms. The van der Waals surface area contributed by atoms with Gasteiger partial charge in [-0.05, 0) is 38.6 Å². The van der Waals surface area contributed by atoms with Crippen molar-refractivity contribution in [3.8, 4) is 0 Å². The predicted molar refractivity (Wildman–Crippen MR) is 126 cm³/mol. The molecule has 2 heterocycles. The first-order chi connectivity index (χ1) is 17.1. The van der Waals surface area contributed by atoms with Crippen LogP contribution in [0.5, 0.6) is 0 Å². The maximum absolute atomic E-state index is 13.5. The number of nitrogens with zero attached hydrogens (tertiary/aromatic N) is 2. The number of unbranched alkanes of at least 4 members (excludes halogenated alkanes) is 1. The fraction of sp³-hybridized carbons (Fsp3) is 0.636. The van der Waals surface area contributed by atoms with Crippen LogP contribution < -0.4 is 22.1 Å². The van der Waals surface area contributed by atoms with Gasteiger partial charge in [-0.3, -0.25) is 19.2 Å². The summed E-state index contributed by atoms with van der Waals surface area (Å²) in [4.78, 5) is 69.5. The van der Waals surface area contributed by atoms with Gasteiger partial charge in [0.1, 0.15) is 18.1 Å². The summed E-state index contributed by atoms with van der Waals surface area (Å²) < 4.78 is 0. The summed E-state index contributed by atoms with van der Waals surface area (Å²) in [7, 11) is 0. The van der Waals surface area contributed by atoms with Crippen molar-refractivity contribution in [2.75, 3.05) is 13.1 Å². The van der Waals surface area contributed by atoms with Crippen molar-refractivity contribution < 1.29 is 34.2 Å². The molecule has 200 valence electrons. The predicted octanol–water partition coefficient (Wildman–Crippen LogP) is -1.68. The van der Waals surface area contributed by atoms with E-state index < -0.39 is 60.2 Å². The highest BCUT2D eigenvalue weighted by molar-refractivity contribution is 5.94. The molecule has 0 bridgehead atoms. The molecule has 1 aliphatic heterocycles. The molecule has 1 aromatic heterocycles. The van der Waals surface area contributed by atoms with Crippen molar-refractivity contribution in [3.05, 3.63) is 18.2 Å². The minimum Gasteiger partial charge on any atom is -0.481 e. The zero-order chi connectivity index (χ0) is 26.7. The standard InChI is InChI=1S/C22H35N7O7/c23-8-2-1-4-14(24)19(32)28-16(10-13-11-25-12-26-13)21(34)29-9-3-5-17(29)20(33)27-15(22(35)36)6-7-18(30)31/h11-12,14-17H,1-10,23-24H2,(H,25,26)(H,27,33)(H,28,32)(H,30,31)(H,35,36). The molecule has 1 aromatic rings. The third-order valence-corrected chi connectivity index (χ3v) is 6.00. The number of amides is 3. The Balaban J connectivity index is 2.12. The summed E-state index contributed by atoms with van der Waals surface area (Å²) in [5, 5.41) is 23.2. The smallest absolute Gasteiger partial charge is 0.326 e. The Labute approximate surface area is 208 Å². The lowest BCUT2D eigenvalue weighted by Gasteiger charge is -2.30. The Morgan fingerprint density at radius 2 is 1.89 bits per heavy atom. The number of aromatic amines is 1. The summed E-state index contributed by atoms with van der Waals surface area (Å²) >= 11 is 0. The number of imidazole rings is 1. The van der Waals surface area contributed by atoms with Crippen LogP contribution in [-0.4, -0.2) is 92.0 Å². The molecule has 36 heavy (non-hydrogen) atoms. The second kappa shape index (κ2) is 14.1. The number of hydrogen-bond acceptors (Lipinski definition) is 8. The number of aliphatic carboxylic acids is 2. The van der Waals surface area contributed by atoms with Gasteiger partial charge in [0.25, 0.3) is 0 Å². The van der Waals surface area contributed by atoms with Crippen molar-refractivity contribution in [2.24, 2.45) is 11.5 Å². The van der Waals surface area contributed by atoms with E-state index in [2.05, 4.69) is 20.6 Å². The Hall–Kier alpha value is -3.52. The minimum atomic E-state index is -1.40. The molecule has 9 N–H and O–H groups in total. The number of carboxylic acids is 2. The molecule has 1 aliphatic rings. The van der Waals surface area contributed by atoms with Gasteiger partial charge >= 0.3 is 11.9 Å². The van der Waals surface area contributed by atoms with E-state index >= 15 is 0 Å². The van der Waals surface area contributed by atoms with Crippen LogP contribution in [0, 0.1) is 0 Å². The summed E-state index contributed by atoms with van der Waals surface area (Å²) in [5.41, 5.74) is 12.0. The number of aromatic nitrogens is 2. The largest absolute Gasteiger partial charge is 0.481 e. The maximum atomic E-state index is 13.5. The van der Waals surface area contributed by atoms with Crippen LogP contribution in [0.1, 0.15) is 50.6 Å². The number of rotatable bonds is 15. The minimum absolute atomic E-state index is 0.0846. The molecule has 4 unspecified atom stereocenters. The van der Waals surface area contributed by atoms with E-state index in [0.717, 1.165) is 0 Å². The molecule has 0 aromatic carbocycles. The third kappa shape index (κ3) is 8.61. The molecule has 3 amide bonds. The topological polar surface area (TPSA) is 234 Å². The number of nitrogens with two attached hydrogens (primary N) is 2. The van der Waals surface area contributed by atoms with Crippen LogP contribution in [0.4, 0.5) is 0 Å². The van der Waals surface area contributed by atoms with Crippen LogP contribution >= 0.6 is 0 Å². The van der Waals surface area contributed by atoms with E-state index in [1.165, 1.54) is 17.4 Å². The highest BCUT2D eigenvalue weighted by Gasteiger charge is 2.39. The summed E-state index contributed by atoms with van der Waals surface area (Å²) in [6, 6.07) is -4.23. The molecule has 0 radical (unpaired) electrons. The molecule has 0 aliphatic carbocycles. The van der Waals surface area contributed by atoms with E-state index in [1.807, 2.05) is 0 Å². The van der Waals surface area contributed by atoms with Crippen molar-refractivity contribution >= 4 is 29.7 Å².